The minimum absolute atomic E-state index is 0.272. The second-order valence-corrected chi connectivity index (χ2v) is 8.46. The molecule has 0 unspecified atom stereocenters. The Morgan fingerprint density at radius 3 is 2.91 bits per heavy atom. The second kappa shape index (κ2) is 8.57. The van der Waals surface area contributed by atoms with Crippen LogP contribution in [0.4, 0.5) is 16.5 Å². The zero-order valence-corrected chi connectivity index (χ0v) is 19.2. The third kappa shape index (κ3) is 4.01. The maximum absolute atomic E-state index is 12.6. The van der Waals surface area contributed by atoms with Crippen LogP contribution in [0.1, 0.15) is 15.9 Å². The number of H-pyrrole nitrogens is 1. The van der Waals surface area contributed by atoms with Crippen molar-refractivity contribution in [2.45, 2.75) is 6.92 Å². The van der Waals surface area contributed by atoms with Gasteiger partial charge in [-0.2, -0.15) is 5.10 Å². The number of fused-ring (bicyclic) bond motifs is 1. The number of aryl methyl sites for hydroxylation is 1. The molecule has 2 aromatic carbocycles. The zero-order chi connectivity index (χ0) is 22.9. The Bertz CT molecular complexity index is 1460. The summed E-state index contributed by atoms with van der Waals surface area (Å²) in [6.07, 6.45) is 5.17. The zero-order valence-electron chi connectivity index (χ0n) is 17.6. The Hall–Kier alpha value is -3.89. The molecule has 3 heterocycles. The maximum atomic E-state index is 12.6. The molecular formula is C22H18ClN7O2S. The maximum Gasteiger partial charge on any atom is 0.260 e. The van der Waals surface area contributed by atoms with Gasteiger partial charge >= 0.3 is 0 Å². The number of carbonyl (C=O) groups excluding carboxylic acids is 1. The molecular weight excluding hydrogens is 462 g/mol. The average Bonchev–Trinajstić information content (AvgIpc) is 3.57. The Labute approximate surface area is 197 Å². The third-order valence-electron chi connectivity index (χ3n) is 5.07. The van der Waals surface area contributed by atoms with Crippen molar-refractivity contribution in [2.24, 2.45) is 0 Å². The average molecular weight is 480 g/mol. The molecule has 5 aromatic rings. The van der Waals surface area contributed by atoms with Crippen LogP contribution < -0.4 is 15.4 Å². The molecule has 0 aliphatic heterocycles. The highest BCUT2D eigenvalue weighted by molar-refractivity contribution is 7.14. The smallest absolute Gasteiger partial charge is 0.260 e. The molecule has 11 heteroatoms. The molecule has 0 atom stereocenters. The molecule has 0 saturated carbocycles. The lowest BCUT2D eigenvalue weighted by atomic mass is 10.1. The number of methoxy groups -OCH3 is 1. The predicted octanol–water partition coefficient (Wildman–Crippen LogP) is 5.17. The molecule has 0 spiro atoms. The van der Waals surface area contributed by atoms with Crippen LogP contribution in [0.15, 0.2) is 54.4 Å². The standard InChI is InChI=1S/C22H18ClN7O2S/c1-12-10-30(29-21(12)26-17-6-5-16-15(20(17)23)8-25-28-16)13-3-4-14(18(7-13)32-2)22(31)27-19-9-24-11-33-19/h3-11H,1-2H3,(H,25,28)(H,26,29)(H,27,31). The van der Waals surface area contributed by atoms with Crippen LogP contribution in [0, 0.1) is 6.92 Å². The van der Waals surface area contributed by atoms with Crippen LogP contribution in [-0.4, -0.2) is 38.0 Å². The molecule has 0 radical (unpaired) electrons. The number of hydrogen-bond donors (Lipinski definition) is 3. The number of nitrogens with zero attached hydrogens (tertiary/aromatic N) is 4. The summed E-state index contributed by atoms with van der Waals surface area (Å²) in [5, 5.41) is 19.7. The fraction of sp³-hybridized carbons (Fsp3) is 0.0909. The first-order valence-corrected chi connectivity index (χ1v) is 11.1. The van der Waals surface area contributed by atoms with E-state index in [9.17, 15) is 4.79 Å². The normalized spacial score (nSPS) is 11.0. The summed E-state index contributed by atoms with van der Waals surface area (Å²) in [5.74, 6) is 0.822. The van der Waals surface area contributed by atoms with Gasteiger partial charge in [0, 0.05) is 23.2 Å². The molecule has 0 fully saturated rings. The summed E-state index contributed by atoms with van der Waals surface area (Å²) in [4.78, 5) is 16.6. The summed E-state index contributed by atoms with van der Waals surface area (Å²) in [7, 11) is 1.53. The van der Waals surface area contributed by atoms with E-state index < -0.39 is 0 Å². The van der Waals surface area contributed by atoms with Gasteiger partial charge in [0.1, 0.15) is 10.8 Å². The van der Waals surface area contributed by atoms with Gasteiger partial charge in [0.25, 0.3) is 5.91 Å². The highest BCUT2D eigenvalue weighted by atomic mass is 35.5. The number of amides is 1. The number of carbonyl (C=O) groups is 1. The van der Waals surface area contributed by atoms with E-state index in [2.05, 4.69) is 30.9 Å². The van der Waals surface area contributed by atoms with Gasteiger partial charge in [0.15, 0.2) is 5.82 Å². The fourth-order valence-corrected chi connectivity index (χ4v) is 4.16. The fourth-order valence-electron chi connectivity index (χ4n) is 3.39. The minimum Gasteiger partial charge on any atom is -0.496 e. The number of thiazole rings is 1. The topological polar surface area (TPSA) is 110 Å². The highest BCUT2D eigenvalue weighted by Crippen LogP contribution is 2.33. The lowest BCUT2D eigenvalue weighted by Crippen LogP contribution is -2.12. The van der Waals surface area contributed by atoms with Crippen molar-refractivity contribution in [3.8, 4) is 11.4 Å². The minimum atomic E-state index is -0.272. The van der Waals surface area contributed by atoms with E-state index in [4.69, 9.17) is 16.3 Å². The van der Waals surface area contributed by atoms with Crippen LogP contribution in [0.25, 0.3) is 16.6 Å². The number of ether oxygens (including phenoxy) is 1. The van der Waals surface area contributed by atoms with Crippen LogP contribution in [0.3, 0.4) is 0 Å². The van der Waals surface area contributed by atoms with E-state index >= 15 is 0 Å². The quantitative estimate of drug-likeness (QED) is 0.310. The van der Waals surface area contributed by atoms with E-state index in [-0.39, 0.29) is 5.91 Å². The summed E-state index contributed by atoms with van der Waals surface area (Å²) >= 11 is 7.88. The largest absolute Gasteiger partial charge is 0.496 e. The van der Waals surface area contributed by atoms with Crippen LogP contribution >= 0.6 is 22.9 Å². The predicted molar refractivity (Wildman–Crippen MR) is 129 cm³/mol. The number of aromatic amines is 1. The van der Waals surface area contributed by atoms with Gasteiger partial charge in [0.2, 0.25) is 0 Å². The monoisotopic (exact) mass is 479 g/mol. The number of anilines is 3. The summed E-state index contributed by atoms with van der Waals surface area (Å²) in [6.45, 7) is 1.95. The molecule has 1 amide bonds. The number of halogens is 1. The third-order valence-corrected chi connectivity index (χ3v) is 6.17. The van der Waals surface area contributed by atoms with Gasteiger partial charge in [-0.25, -0.2) is 4.68 Å². The number of aromatic nitrogens is 5. The molecule has 0 saturated heterocycles. The summed E-state index contributed by atoms with van der Waals surface area (Å²) in [6, 6.07) is 9.07. The van der Waals surface area contributed by atoms with Crippen molar-refractivity contribution in [1.29, 1.82) is 0 Å². The van der Waals surface area contributed by atoms with Crippen molar-refractivity contribution in [3.63, 3.8) is 0 Å². The first-order valence-electron chi connectivity index (χ1n) is 9.86. The van der Waals surface area contributed by atoms with Crippen molar-refractivity contribution in [1.82, 2.24) is 25.0 Å². The van der Waals surface area contributed by atoms with Gasteiger partial charge in [-0.05, 0) is 31.2 Å². The SMILES string of the molecule is COc1cc(-n2cc(C)c(Nc3ccc4[nH]ncc4c3Cl)n2)ccc1C(=O)Nc1cncs1. The Morgan fingerprint density at radius 2 is 2.12 bits per heavy atom. The van der Waals surface area contributed by atoms with Gasteiger partial charge in [-0.15, -0.1) is 16.4 Å². The molecule has 166 valence electrons. The van der Waals surface area contributed by atoms with Crippen molar-refractivity contribution < 1.29 is 9.53 Å². The van der Waals surface area contributed by atoms with Crippen LogP contribution in [0.2, 0.25) is 5.02 Å². The van der Waals surface area contributed by atoms with E-state index in [1.54, 1.807) is 34.7 Å². The molecule has 0 bridgehead atoms. The number of rotatable bonds is 6. The van der Waals surface area contributed by atoms with Crippen LogP contribution in [-0.2, 0) is 0 Å². The second-order valence-electron chi connectivity index (χ2n) is 7.19. The van der Waals surface area contributed by atoms with Crippen LogP contribution in [0.5, 0.6) is 5.75 Å². The Balaban J connectivity index is 1.42. The molecule has 0 aliphatic carbocycles. The van der Waals surface area contributed by atoms with Gasteiger partial charge < -0.3 is 15.4 Å². The molecule has 0 aliphatic rings. The number of benzene rings is 2. The number of nitrogens with one attached hydrogen (secondary N) is 3. The summed E-state index contributed by atoms with van der Waals surface area (Å²) in [5.41, 5.74) is 5.32. The first-order chi connectivity index (χ1) is 16.0. The Morgan fingerprint density at radius 1 is 1.24 bits per heavy atom. The summed E-state index contributed by atoms with van der Waals surface area (Å²) < 4.78 is 7.19. The van der Waals surface area contributed by atoms with E-state index in [1.165, 1.54) is 18.4 Å². The first kappa shape index (κ1) is 21.0. The van der Waals surface area contributed by atoms with Crippen molar-refractivity contribution >= 4 is 56.3 Å². The van der Waals surface area contributed by atoms with Crippen molar-refractivity contribution in [2.75, 3.05) is 17.7 Å². The van der Waals surface area contributed by atoms with E-state index in [0.717, 1.165) is 27.8 Å². The molecule has 3 aromatic heterocycles. The lowest BCUT2D eigenvalue weighted by Gasteiger charge is -2.11. The molecule has 9 nitrogen and oxygen atoms in total. The Kier molecular flexibility index (Phi) is 5.45. The van der Waals surface area contributed by atoms with E-state index in [0.29, 0.717) is 27.2 Å². The molecule has 5 rings (SSSR count). The van der Waals surface area contributed by atoms with Gasteiger partial charge in [0.05, 0.1) is 52.5 Å². The number of hydrogen-bond acceptors (Lipinski definition) is 7. The molecule has 3 N–H and O–H groups in total. The van der Waals surface area contributed by atoms with Crippen molar-refractivity contribution in [3.05, 3.63) is 70.6 Å². The van der Waals surface area contributed by atoms with Gasteiger partial charge in [-0.1, -0.05) is 11.6 Å². The van der Waals surface area contributed by atoms with Gasteiger partial charge in [-0.3, -0.25) is 14.9 Å². The molecule has 33 heavy (non-hydrogen) atoms. The highest BCUT2D eigenvalue weighted by Gasteiger charge is 2.16. The lowest BCUT2D eigenvalue weighted by molar-refractivity contribution is 0.102. The van der Waals surface area contributed by atoms with E-state index in [1.807, 2.05) is 31.3 Å².